The predicted molar refractivity (Wildman–Crippen MR) is 297 cm³/mol. The number of nitrogens with one attached hydrogen (secondary N) is 8. The van der Waals surface area contributed by atoms with Crippen molar-refractivity contribution in [1.82, 2.24) is 52.0 Å². The van der Waals surface area contributed by atoms with Gasteiger partial charge in [-0.3, -0.25) is 57.9 Å². The second-order valence-corrected chi connectivity index (χ2v) is 20.7. The molecule has 3 aromatic rings. The monoisotopic (exact) mass is 1100 g/mol. The summed E-state index contributed by atoms with van der Waals surface area (Å²) in [7, 11) is 0. The summed E-state index contributed by atoms with van der Waals surface area (Å²) in [6, 6.07) is 6.32. The van der Waals surface area contributed by atoms with Gasteiger partial charge in [-0.2, -0.15) is 0 Å². The maximum absolute atomic E-state index is 15.1. The maximum atomic E-state index is 15.1. The molecule has 2 aromatic carbocycles. The molecule has 4 aliphatic heterocycles. The summed E-state index contributed by atoms with van der Waals surface area (Å²) in [5, 5.41) is 20.2. The zero-order valence-corrected chi connectivity index (χ0v) is 45.3. The number of likely N-dealkylation sites (tertiary alicyclic amines) is 2. The Hall–Kier alpha value is -8.44. The predicted octanol–water partition coefficient (Wildman–Crippen LogP) is -0.0549. The molecule has 0 spiro atoms. The lowest BCUT2D eigenvalue weighted by Crippen LogP contribution is -2.61. The van der Waals surface area contributed by atoms with E-state index < -0.39 is 108 Å². The Morgan fingerprint density at radius 3 is 2.00 bits per heavy atom. The molecule has 0 radical (unpaired) electrons. The third-order valence-electron chi connectivity index (χ3n) is 14.8. The van der Waals surface area contributed by atoms with E-state index in [9.17, 15) is 43.2 Å². The molecule has 7 rings (SSSR count). The molecule has 9 amide bonds. The number of benzene rings is 2. The first kappa shape index (κ1) is 59.2. The van der Waals surface area contributed by atoms with Crippen LogP contribution in [0, 0.1) is 0 Å². The number of ketones is 1. The Morgan fingerprint density at radius 2 is 1.31 bits per heavy atom. The second-order valence-electron chi connectivity index (χ2n) is 20.7. The lowest BCUT2D eigenvalue weighted by atomic mass is 10.0. The third kappa shape index (κ3) is 16.3. The minimum atomic E-state index is -1.56. The second kappa shape index (κ2) is 28.4. The molecule has 1 aromatic heterocycles. The van der Waals surface area contributed by atoms with Crippen molar-refractivity contribution in [3.8, 4) is 0 Å². The molecule has 3 fully saturated rings. The van der Waals surface area contributed by atoms with Crippen LogP contribution in [-0.4, -0.2) is 160 Å². The first-order valence-corrected chi connectivity index (χ1v) is 27.5. The molecule has 12 N–H and O–H groups in total. The first-order valence-electron chi connectivity index (χ1n) is 27.5. The number of H-pyrrole nitrogens is 1. The number of nitrogens with two attached hydrogens (primary N) is 2. The van der Waals surface area contributed by atoms with Gasteiger partial charge in [-0.1, -0.05) is 54.6 Å². The molecule has 4 aliphatic rings. The summed E-state index contributed by atoms with van der Waals surface area (Å²) in [5.41, 5.74) is 13.8. The van der Waals surface area contributed by atoms with Gasteiger partial charge in [-0.05, 0) is 81.9 Å². The number of carbonyl (C=O) groups is 10. The van der Waals surface area contributed by atoms with Crippen LogP contribution in [0.1, 0.15) is 102 Å². The Morgan fingerprint density at radius 1 is 0.688 bits per heavy atom. The molecule has 428 valence electrons. The van der Waals surface area contributed by atoms with Gasteiger partial charge in [0.05, 0.1) is 12.5 Å². The van der Waals surface area contributed by atoms with E-state index in [2.05, 4.69) is 52.2 Å². The number of carbonyl (C=O) groups excluding carboxylic acids is 10. The summed E-state index contributed by atoms with van der Waals surface area (Å²) in [4.78, 5) is 156. The van der Waals surface area contributed by atoms with Crippen LogP contribution < -0.4 is 48.7 Å². The van der Waals surface area contributed by atoms with Crippen LogP contribution in [0.5, 0.6) is 0 Å². The van der Waals surface area contributed by atoms with E-state index in [1.54, 1.807) is 48.8 Å². The van der Waals surface area contributed by atoms with Crippen molar-refractivity contribution >= 4 is 82.0 Å². The molecule has 5 heterocycles. The third-order valence-corrected chi connectivity index (χ3v) is 14.8. The number of fused-ring (bicyclic) bond motifs is 1. The number of aliphatic imine (C=N–C) groups is 2. The standard InChI is InChI=1S/C56H74N14O10/c1-33(71)46-21-12-26-69(46)55(80)47-22-13-27-70(47)54(79)45-31-48(73)60-23-9-8-19-40(63-34(2)72)49(74)67-44(30-37-16-10-24-59-37)53(78)65-42(28-35-14-4-3-5-15-35)51(76)64-41(20-11-25-61-56(57)58)50(75)66-43(52(77)68-45)29-36-32-62-39-18-7-6-17-38(36)39/h3-7,14-18,24,32,40-47,62H,8-13,19-23,25-31H2,1-2H3,(H,60,73)(H,63,72)(H,64,76)(H,65,78)(H,66,75)(H,67,74)(H,68,77)(H4,57,58,61)/t40-,41-,42+,43-,44-,45-,46-,47-/m0/s1. The van der Waals surface area contributed by atoms with Crippen molar-refractivity contribution in [3.63, 3.8) is 0 Å². The van der Waals surface area contributed by atoms with Crippen LogP contribution in [0.25, 0.3) is 10.9 Å². The molecule has 80 heavy (non-hydrogen) atoms. The van der Waals surface area contributed by atoms with Crippen LogP contribution in [0.4, 0.5) is 0 Å². The van der Waals surface area contributed by atoms with Gasteiger partial charge in [0.15, 0.2) is 11.7 Å². The van der Waals surface area contributed by atoms with E-state index in [1.165, 1.54) is 23.6 Å². The Kier molecular flexibility index (Phi) is 21.1. The largest absolute Gasteiger partial charge is 0.370 e. The van der Waals surface area contributed by atoms with Gasteiger partial charge in [0.2, 0.25) is 53.2 Å². The number of para-hydroxylation sites is 1. The van der Waals surface area contributed by atoms with Gasteiger partial charge in [-0.25, -0.2) is 0 Å². The number of Topliss-reactive ketones (excluding diaryl/α,β-unsaturated/α-hetero) is 1. The smallest absolute Gasteiger partial charge is 0.246 e. The Labute approximate surface area is 463 Å². The molecule has 0 aliphatic carbocycles. The Balaban J connectivity index is 1.26. The molecular formula is C56H74N14O10. The number of hydrogen-bond acceptors (Lipinski definition) is 12. The maximum Gasteiger partial charge on any atom is 0.246 e. The van der Waals surface area contributed by atoms with Crippen LogP contribution in [-0.2, 0) is 60.8 Å². The Bertz CT molecular complexity index is 2860. The fourth-order valence-corrected chi connectivity index (χ4v) is 10.7. The molecule has 3 saturated heterocycles. The zero-order valence-electron chi connectivity index (χ0n) is 45.3. The van der Waals surface area contributed by atoms with Crippen molar-refractivity contribution in [2.75, 3.05) is 26.2 Å². The van der Waals surface area contributed by atoms with Crippen molar-refractivity contribution in [3.05, 3.63) is 83.7 Å². The summed E-state index contributed by atoms with van der Waals surface area (Å²) in [6.45, 7) is 3.23. The molecule has 0 bridgehead atoms. The number of nitrogens with zero attached hydrogens (tertiary/aromatic N) is 4. The lowest BCUT2D eigenvalue weighted by Gasteiger charge is -2.33. The topological polar surface area (TPSA) is 354 Å². The number of guanidine groups is 1. The molecule has 8 atom stereocenters. The van der Waals surface area contributed by atoms with Gasteiger partial charge >= 0.3 is 0 Å². The minimum absolute atomic E-state index is 0.0453. The lowest BCUT2D eigenvalue weighted by molar-refractivity contribution is -0.148. The van der Waals surface area contributed by atoms with Gasteiger partial charge in [0.1, 0.15) is 42.3 Å². The molecule has 0 unspecified atom stereocenters. The normalized spacial score (nSPS) is 24.9. The average Bonchev–Trinajstić information content (AvgIpc) is 4.33. The fraction of sp³-hybridized carbons (Fsp3) is 0.500. The molecular weight excluding hydrogens is 1030 g/mol. The average molecular weight is 1100 g/mol. The minimum Gasteiger partial charge on any atom is -0.370 e. The van der Waals surface area contributed by atoms with Gasteiger partial charge < -0.3 is 63.5 Å². The van der Waals surface area contributed by atoms with E-state index in [4.69, 9.17) is 11.5 Å². The number of amides is 9. The molecule has 0 saturated carbocycles. The number of rotatable bonds is 14. The van der Waals surface area contributed by atoms with Crippen LogP contribution in [0.15, 0.2) is 82.6 Å². The number of aromatic amines is 1. The summed E-state index contributed by atoms with van der Waals surface area (Å²) < 4.78 is 0. The van der Waals surface area contributed by atoms with Crippen molar-refractivity contribution < 1.29 is 47.9 Å². The quantitative estimate of drug-likeness (QED) is 0.0577. The van der Waals surface area contributed by atoms with E-state index in [0.29, 0.717) is 61.9 Å². The highest BCUT2D eigenvalue weighted by Gasteiger charge is 2.44. The highest BCUT2D eigenvalue weighted by Crippen LogP contribution is 2.27. The van der Waals surface area contributed by atoms with E-state index >= 15 is 4.79 Å². The van der Waals surface area contributed by atoms with E-state index in [-0.39, 0.29) is 76.3 Å². The number of allylic oxidation sites excluding steroid dienone is 1. The zero-order chi connectivity index (χ0) is 57.3. The number of aromatic nitrogens is 1. The molecule has 24 nitrogen and oxygen atoms in total. The fourth-order valence-electron chi connectivity index (χ4n) is 10.7. The van der Waals surface area contributed by atoms with Gasteiger partial charge in [0.25, 0.3) is 0 Å². The van der Waals surface area contributed by atoms with Crippen molar-refractivity contribution in [2.24, 2.45) is 21.5 Å². The van der Waals surface area contributed by atoms with Crippen molar-refractivity contribution in [2.45, 2.75) is 152 Å². The van der Waals surface area contributed by atoms with Crippen LogP contribution in [0.3, 0.4) is 0 Å². The van der Waals surface area contributed by atoms with Gasteiger partial charge in [-0.15, -0.1) is 0 Å². The van der Waals surface area contributed by atoms with E-state index in [0.717, 1.165) is 10.9 Å². The van der Waals surface area contributed by atoms with Crippen LogP contribution >= 0.6 is 0 Å². The first-order chi connectivity index (χ1) is 38.4. The number of hydrogen-bond donors (Lipinski definition) is 10. The van der Waals surface area contributed by atoms with E-state index in [1.807, 2.05) is 24.3 Å². The van der Waals surface area contributed by atoms with Crippen LogP contribution in [0.2, 0.25) is 0 Å². The highest BCUT2D eigenvalue weighted by molar-refractivity contribution is 6.00. The SMILES string of the molecule is CC(=O)N[C@H]1CCCCNC(=O)C[C@@H](C(=O)N2CCC[C@H]2C(=O)N2CCC[C@H]2C(C)=O)NC(=O)[C@H](Cc2c[nH]c3ccccc23)NC(=O)[C@H](CCCN=C(N)N)NC(=O)[C@@H](Cc2ccccc2)NC(=O)[C@H](CC2=CCC=N2)NC1=O. The summed E-state index contributed by atoms with van der Waals surface area (Å²) in [6.07, 6.45) is 7.33. The molecule has 24 heteroatoms. The summed E-state index contributed by atoms with van der Waals surface area (Å²) in [5.74, 6) is -6.59. The summed E-state index contributed by atoms with van der Waals surface area (Å²) >= 11 is 0. The van der Waals surface area contributed by atoms with Crippen molar-refractivity contribution in [1.29, 1.82) is 0 Å². The highest BCUT2D eigenvalue weighted by atomic mass is 16.2. The van der Waals surface area contributed by atoms with Gasteiger partial charge in [0, 0.05) is 87.8 Å².